The smallest absolute Gasteiger partial charge is 0.240 e. The Labute approximate surface area is 128 Å². The van der Waals surface area contributed by atoms with E-state index in [2.05, 4.69) is 4.72 Å². The summed E-state index contributed by atoms with van der Waals surface area (Å²) >= 11 is 4.70. The third-order valence-corrected chi connectivity index (χ3v) is 4.93. The van der Waals surface area contributed by atoms with Gasteiger partial charge in [0.2, 0.25) is 10.0 Å². The minimum absolute atomic E-state index is 0.0671. The highest BCUT2D eigenvalue weighted by Gasteiger charge is 2.20. The van der Waals surface area contributed by atoms with Crippen molar-refractivity contribution < 1.29 is 17.5 Å². The third kappa shape index (κ3) is 4.19. The molecule has 8 heteroatoms. The SMILES string of the molecule is NC(=S)c1cc(S(=O)(=O)NCC2CCCCO2)ccc1F. The van der Waals surface area contributed by atoms with E-state index in [0.29, 0.717) is 6.61 Å². The molecular formula is C13H17FN2O3S2. The van der Waals surface area contributed by atoms with Crippen molar-refractivity contribution in [1.29, 1.82) is 0 Å². The summed E-state index contributed by atoms with van der Waals surface area (Å²) in [5, 5.41) is 0. The van der Waals surface area contributed by atoms with Crippen molar-refractivity contribution in [3.63, 3.8) is 0 Å². The lowest BCUT2D eigenvalue weighted by Gasteiger charge is -2.22. The highest BCUT2D eigenvalue weighted by molar-refractivity contribution is 7.89. The largest absolute Gasteiger partial charge is 0.389 e. The van der Waals surface area contributed by atoms with Crippen molar-refractivity contribution in [2.75, 3.05) is 13.2 Å². The third-order valence-electron chi connectivity index (χ3n) is 3.29. The van der Waals surface area contributed by atoms with Gasteiger partial charge in [-0.2, -0.15) is 0 Å². The Morgan fingerprint density at radius 2 is 2.24 bits per heavy atom. The Bertz CT molecular complexity index is 628. The van der Waals surface area contributed by atoms with Crippen molar-refractivity contribution in [1.82, 2.24) is 4.72 Å². The number of benzene rings is 1. The van der Waals surface area contributed by atoms with Gasteiger partial charge >= 0.3 is 0 Å². The maximum Gasteiger partial charge on any atom is 0.240 e. The van der Waals surface area contributed by atoms with Gasteiger partial charge < -0.3 is 10.5 Å². The van der Waals surface area contributed by atoms with E-state index in [-0.39, 0.29) is 28.1 Å². The number of ether oxygens (including phenoxy) is 1. The number of hydrogen-bond donors (Lipinski definition) is 2. The second-order valence-electron chi connectivity index (χ2n) is 4.85. The molecule has 5 nitrogen and oxygen atoms in total. The Morgan fingerprint density at radius 1 is 1.48 bits per heavy atom. The van der Waals surface area contributed by atoms with E-state index in [4.69, 9.17) is 22.7 Å². The number of hydrogen-bond acceptors (Lipinski definition) is 4. The Morgan fingerprint density at radius 3 is 2.86 bits per heavy atom. The number of thiocarbonyl (C=S) groups is 1. The van der Waals surface area contributed by atoms with Gasteiger partial charge in [-0.3, -0.25) is 0 Å². The highest BCUT2D eigenvalue weighted by atomic mass is 32.2. The zero-order valence-corrected chi connectivity index (χ0v) is 13.0. The molecule has 0 radical (unpaired) electrons. The van der Waals surface area contributed by atoms with Crippen LogP contribution in [0.25, 0.3) is 0 Å². The van der Waals surface area contributed by atoms with Crippen LogP contribution in [0, 0.1) is 5.82 Å². The molecule has 1 aromatic rings. The molecular weight excluding hydrogens is 315 g/mol. The monoisotopic (exact) mass is 332 g/mol. The number of nitrogens with two attached hydrogens (primary N) is 1. The second-order valence-corrected chi connectivity index (χ2v) is 7.05. The topological polar surface area (TPSA) is 81.4 Å². The molecule has 1 unspecified atom stereocenters. The number of rotatable bonds is 5. The molecule has 1 aliphatic rings. The summed E-state index contributed by atoms with van der Waals surface area (Å²) < 4.78 is 45.8. The average Bonchev–Trinajstić information content (AvgIpc) is 2.46. The van der Waals surface area contributed by atoms with E-state index < -0.39 is 15.8 Å². The molecule has 1 aromatic carbocycles. The molecule has 0 aliphatic carbocycles. The predicted molar refractivity (Wildman–Crippen MR) is 81.1 cm³/mol. The molecule has 3 N–H and O–H groups in total. The molecule has 21 heavy (non-hydrogen) atoms. The second kappa shape index (κ2) is 6.78. The zero-order chi connectivity index (χ0) is 15.5. The first-order valence-corrected chi connectivity index (χ1v) is 8.50. The fraction of sp³-hybridized carbons (Fsp3) is 0.462. The van der Waals surface area contributed by atoms with Crippen molar-refractivity contribution in [2.24, 2.45) is 5.73 Å². The first-order chi connectivity index (χ1) is 9.90. The average molecular weight is 332 g/mol. The molecule has 1 aliphatic heterocycles. The molecule has 0 amide bonds. The van der Waals surface area contributed by atoms with Gasteiger partial charge in [-0.05, 0) is 37.5 Å². The molecule has 0 spiro atoms. The molecule has 0 saturated carbocycles. The first-order valence-electron chi connectivity index (χ1n) is 6.61. The quantitative estimate of drug-likeness (QED) is 0.795. The van der Waals surface area contributed by atoms with Crippen LogP contribution in [0.1, 0.15) is 24.8 Å². The van der Waals surface area contributed by atoms with Crippen LogP contribution in [0.3, 0.4) is 0 Å². The van der Waals surface area contributed by atoms with Crippen molar-refractivity contribution >= 4 is 27.2 Å². The predicted octanol–water partition coefficient (Wildman–Crippen LogP) is 1.31. The molecule has 1 atom stereocenters. The van der Waals surface area contributed by atoms with Crippen LogP contribution in [0.4, 0.5) is 4.39 Å². The van der Waals surface area contributed by atoms with Gasteiger partial charge in [0.25, 0.3) is 0 Å². The maximum atomic E-state index is 13.5. The Hall–Kier alpha value is -1.09. The normalized spacial score (nSPS) is 19.4. The van der Waals surface area contributed by atoms with E-state index in [9.17, 15) is 12.8 Å². The highest BCUT2D eigenvalue weighted by Crippen LogP contribution is 2.16. The van der Waals surface area contributed by atoms with Crippen molar-refractivity contribution in [2.45, 2.75) is 30.3 Å². The van der Waals surface area contributed by atoms with Crippen LogP contribution in [-0.4, -0.2) is 32.7 Å². The summed E-state index contributed by atoms with van der Waals surface area (Å²) in [5.41, 5.74) is 5.29. The van der Waals surface area contributed by atoms with Crippen LogP contribution >= 0.6 is 12.2 Å². The minimum atomic E-state index is -3.74. The van der Waals surface area contributed by atoms with E-state index in [0.717, 1.165) is 31.4 Å². The summed E-state index contributed by atoms with van der Waals surface area (Å²) in [4.78, 5) is -0.248. The van der Waals surface area contributed by atoms with Gasteiger partial charge in [0.1, 0.15) is 10.8 Å². The number of sulfonamides is 1. The van der Waals surface area contributed by atoms with E-state index >= 15 is 0 Å². The van der Waals surface area contributed by atoms with Gasteiger partial charge in [-0.1, -0.05) is 12.2 Å². The standard InChI is InChI=1S/C13H17FN2O3S2/c14-12-5-4-10(7-11(12)13(15)20)21(17,18)16-8-9-3-1-2-6-19-9/h4-5,7,9,16H,1-3,6,8H2,(H2,15,20). The lowest BCUT2D eigenvalue weighted by Crippen LogP contribution is -2.35. The lowest BCUT2D eigenvalue weighted by molar-refractivity contribution is 0.0200. The summed E-state index contributed by atoms with van der Waals surface area (Å²) in [5.74, 6) is -0.642. The maximum absolute atomic E-state index is 13.5. The van der Waals surface area contributed by atoms with Crippen LogP contribution in [0.2, 0.25) is 0 Å². The Balaban J connectivity index is 2.11. The molecule has 2 rings (SSSR count). The lowest BCUT2D eigenvalue weighted by atomic mass is 10.1. The van der Waals surface area contributed by atoms with Crippen molar-refractivity contribution in [3.8, 4) is 0 Å². The summed E-state index contributed by atoms with van der Waals surface area (Å²) in [6.07, 6.45) is 2.72. The van der Waals surface area contributed by atoms with Gasteiger partial charge in [0.05, 0.1) is 11.0 Å². The Kier molecular flexibility index (Phi) is 5.26. The molecule has 116 valence electrons. The van der Waals surface area contributed by atoms with Gasteiger partial charge in [-0.25, -0.2) is 17.5 Å². The van der Waals surface area contributed by atoms with Gasteiger partial charge in [0, 0.05) is 18.7 Å². The first kappa shape index (κ1) is 16.3. The fourth-order valence-corrected chi connectivity index (χ4v) is 3.36. The van der Waals surface area contributed by atoms with Crippen LogP contribution < -0.4 is 10.5 Å². The summed E-state index contributed by atoms with van der Waals surface area (Å²) in [6.45, 7) is 0.844. The van der Waals surface area contributed by atoms with Crippen LogP contribution in [-0.2, 0) is 14.8 Å². The van der Waals surface area contributed by atoms with Gasteiger partial charge in [-0.15, -0.1) is 0 Å². The van der Waals surface area contributed by atoms with Crippen LogP contribution in [0.5, 0.6) is 0 Å². The molecule has 0 bridgehead atoms. The van der Waals surface area contributed by atoms with Gasteiger partial charge in [0.15, 0.2) is 0 Å². The van der Waals surface area contributed by atoms with E-state index in [1.165, 1.54) is 6.07 Å². The minimum Gasteiger partial charge on any atom is -0.389 e. The number of nitrogens with one attached hydrogen (secondary N) is 1. The molecule has 1 heterocycles. The van der Waals surface area contributed by atoms with Crippen molar-refractivity contribution in [3.05, 3.63) is 29.6 Å². The number of halogens is 1. The fourth-order valence-electron chi connectivity index (χ4n) is 2.11. The van der Waals surface area contributed by atoms with Crippen LogP contribution in [0.15, 0.2) is 23.1 Å². The summed E-state index contributed by atoms with van der Waals surface area (Å²) in [6, 6.07) is 3.36. The van der Waals surface area contributed by atoms with E-state index in [1.807, 2.05) is 0 Å². The molecule has 0 aromatic heterocycles. The summed E-state index contributed by atoms with van der Waals surface area (Å²) in [7, 11) is -3.74. The van der Waals surface area contributed by atoms with E-state index in [1.54, 1.807) is 0 Å². The molecule has 1 fully saturated rings. The zero-order valence-electron chi connectivity index (χ0n) is 11.3. The molecule has 1 saturated heterocycles.